The number of benzene rings is 1. The highest BCUT2D eigenvalue weighted by Gasteiger charge is 2.15. The van der Waals surface area contributed by atoms with Crippen molar-refractivity contribution in [1.82, 2.24) is 0 Å². The van der Waals surface area contributed by atoms with Gasteiger partial charge in [-0.15, -0.1) is 0 Å². The summed E-state index contributed by atoms with van der Waals surface area (Å²) < 4.78 is 19.2. The van der Waals surface area contributed by atoms with Crippen molar-refractivity contribution in [3.05, 3.63) is 29.6 Å². The highest BCUT2D eigenvalue weighted by molar-refractivity contribution is 5.46. The Hall–Kier alpha value is -1.53. The highest BCUT2D eigenvalue weighted by Crippen LogP contribution is 2.25. The van der Waals surface area contributed by atoms with E-state index in [1.807, 2.05) is 0 Å². The quantitative estimate of drug-likeness (QED) is 0.654. The van der Waals surface area contributed by atoms with Crippen molar-refractivity contribution < 1.29 is 14.2 Å². The first-order valence-electron chi connectivity index (χ1n) is 6.85. The fourth-order valence-electron chi connectivity index (χ4n) is 2.38. The monoisotopic (exact) mass is 262 g/mol. The third-order valence-electron chi connectivity index (χ3n) is 3.34. The highest BCUT2D eigenvalue weighted by atomic mass is 19.1. The van der Waals surface area contributed by atoms with Gasteiger partial charge in [0.25, 0.3) is 0 Å². The van der Waals surface area contributed by atoms with E-state index in [0.29, 0.717) is 11.3 Å². The van der Waals surface area contributed by atoms with E-state index in [2.05, 4.69) is 11.8 Å². The normalized spacial score (nSPS) is 16.3. The zero-order valence-electron chi connectivity index (χ0n) is 11.0. The fourth-order valence-corrected chi connectivity index (χ4v) is 2.38. The molecule has 1 N–H and O–H groups in total. The predicted octanol–water partition coefficient (Wildman–Crippen LogP) is 3.27. The molecule has 0 atom stereocenters. The van der Waals surface area contributed by atoms with Crippen LogP contribution in [0.3, 0.4) is 0 Å². The molecule has 0 unspecified atom stereocenters. The Morgan fingerprint density at radius 1 is 1.21 bits per heavy atom. The molecule has 3 heteroatoms. The van der Waals surface area contributed by atoms with Gasteiger partial charge in [-0.2, -0.15) is 0 Å². The lowest BCUT2D eigenvalue weighted by molar-refractivity contribution is 0.183. The largest absolute Gasteiger partial charge is 0.489 e. The van der Waals surface area contributed by atoms with Gasteiger partial charge in [-0.1, -0.05) is 24.7 Å². The second kappa shape index (κ2) is 7.16. The van der Waals surface area contributed by atoms with Crippen LogP contribution in [0.1, 0.15) is 44.1 Å². The van der Waals surface area contributed by atoms with Gasteiger partial charge in [-0.3, -0.25) is 0 Å². The molecule has 2 nitrogen and oxygen atoms in total. The van der Waals surface area contributed by atoms with Gasteiger partial charge in [0.05, 0.1) is 11.7 Å². The summed E-state index contributed by atoms with van der Waals surface area (Å²) in [5.74, 6) is 5.57. The molecule has 1 saturated carbocycles. The standard InChI is InChI=1S/C16H19FO2/c17-14-9-10-16(13(12-14)6-5-11-18)19-15-7-3-1-2-4-8-15/h9-10,12,15,18H,1-4,7-8,11H2. The van der Waals surface area contributed by atoms with Crippen LogP contribution in [-0.4, -0.2) is 17.8 Å². The van der Waals surface area contributed by atoms with Crippen LogP contribution in [-0.2, 0) is 0 Å². The molecule has 0 radical (unpaired) electrons. The van der Waals surface area contributed by atoms with Crippen molar-refractivity contribution in [2.24, 2.45) is 0 Å². The molecule has 19 heavy (non-hydrogen) atoms. The molecule has 0 saturated heterocycles. The average Bonchev–Trinajstić information content (AvgIpc) is 2.67. The summed E-state index contributed by atoms with van der Waals surface area (Å²) in [4.78, 5) is 0. The van der Waals surface area contributed by atoms with Crippen LogP contribution in [0.25, 0.3) is 0 Å². The van der Waals surface area contributed by atoms with Crippen LogP contribution in [0, 0.1) is 17.7 Å². The number of aliphatic hydroxyl groups excluding tert-OH is 1. The second-order valence-corrected chi connectivity index (χ2v) is 4.83. The first-order chi connectivity index (χ1) is 9.29. The molecule has 1 fully saturated rings. The molecule has 1 aromatic rings. The molecule has 1 aliphatic rings. The molecular formula is C16H19FO2. The minimum Gasteiger partial charge on any atom is -0.489 e. The van der Waals surface area contributed by atoms with E-state index >= 15 is 0 Å². The molecular weight excluding hydrogens is 243 g/mol. The molecule has 102 valence electrons. The molecule has 0 bridgehead atoms. The minimum absolute atomic E-state index is 0.197. The second-order valence-electron chi connectivity index (χ2n) is 4.83. The lowest BCUT2D eigenvalue weighted by Crippen LogP contribution is -2.15. The maximum atomic E-state index is 13.2. The topological polar surface area (TPSA) is 29.5 Å². The minimum atomic E-state index is -0.338. The third kappa shape index (κ3) is 4.25. The van der Waals surface area contributed by atoms with Crippen LogP contribution in [0.15, 0.2) is 18.2 Å². The first-order valence-corrected chi connectivity index (χ1v) is 6.85. The van der Waals surface area contributed by atoms with Crippen LogP contribution in [0.4, 0.5) is 4.39 Å². The Labute approximate surface area is 113 Å². The summed E-state index contributed by atoms with van der Waals surface area (Å²) in [6.45, 7) is -0.237. The van der Waals surface area contributed by atoms with Gasteiger partial charge in [0.1, 0.15) is 18.2 Å². The zero-order chi connectivity index (χ0) is 13.5. The van der Waals surface area contributed by atoms with E-state index in [1.54, 1.807) is 6.07 Å². The van der Waals surface area contributed by atoms with Crippen molar-refractivity contribution in [1.29, 1.82) is 0 Å². The third-order valence-corrected chi connectivity index (χ3v) is 3.34. The van der Waals surface area contributed by atoms with E-state index in [4.69, 9.17) is 9.84 Å². The zero-order valence-corrected chi connectivity index (χ0v) is 11.0. The lowest BCUT2D eigenvalue weighted by atomic mass is 10.1. The van der Waals surface area contributed by atoms with Crippen LogP contribution >= 0.6 is 0 Å². The molecule has 0 spiro atoms. The van der Waals surface area contributed by atoms with Gasteiger partial charge < -0.3 is 9.84 Å². The number of hydrogen-bond acceptors (Lipinski definition) is 2. The summed E-state index contributed by atoms with van der Waals surface area (Å²) in [5.41, 5.74) is 0.512. The number of ether oxygens (including phenoxy) is 1. The fraction of sp³-hybridized carbons (Fsp3) is 0.500. The SMILES string of the molecule is OCC#Cc1cc(F)ccc1OC1CCCCCC1. The molecule has 1 aliphatic carbocycles. The first kappa shape index (κ1) is 13.9. The van der Waals surface area contributed by atoms with E-state index < -0.39 is 0 Å². The Morgan fingerprint density at radius 3 is 2.63 bits per heavy atom. The molecule has 0 heterocycles. The van der Waals surface area contributed by atoms with Gasteiger partial charge >= 0.3 is 0 Å². The van der Waals surface area contributed by atoms with Crippen molar-refractivity contribution in [3.63, 3.8) is 0 Å². The summed E-state index contributed by atoms with van der Waals surface area (Å²) in [6, 6.07) is 4.37. The van der Waals surface area contributed by atoms with Crippen LogP contribution in [0.2, 0.25) is 0 Å². The molecule has 1 aromatic carbocycles. The van der Waals surface area contributed by atoms with Crippen molar-refractivity contribution in [3.8, 4) is 17.6 Å². The van der Waals surface area contributed by atoms with Gasteiger partial charge in [0, 0.05) is 0 Å². The van der Waals surface area contributed by atoms with Gasteiger partial charge in [-0.25, -0.2) is 4.39 Å². The van der Waals surface area contributed by atoms with Gasteiger partial charge in [0.15, 0.2) is 0 Å². The Bertz CT molecular complexity index is 465. The summed E-state index contributed by atoms with van der Waals surface area (Å²) >= 11 is 0. The van der Waals surface area contributed by atoms with Crippen LogP contribution in [0.5, 0.6) is 5.75 Å². The molecule has 0 aliphatic heterocycles. The van der Waals surface area contributed by atoms with Gasteiger partial charge in [-0.05, 0) is 43.9 Å². The predicted molar refractivity (Wildman–Crippen MR) is 72.5 cm³/mol. The summed E-state index contributed by atoms with van der Waals surface area (Å²) in [5, 5.41) is 8.74. The van der Waals surface area contributed by atoms with Crippen molar-refractivity contribution >= 4 is 0 Å². The molecule has 0 amide bonds. The lowest BCUT2D eigenvalue weighted by Gasteiger charge is -2.18. The maximum Gasteiger partial charge on any atom is 0.135 e. The summed E-state index contributed by atoms with van der Waals surface area (Å²) in [6.07, 6.45) is 7.19. The van der Waals surface area contributed by atoms with Crippen molar-refractivity contribution in [2.45, 2.75) is 44.6 Å². The van der Waals surface area contributed by atoms with E-state index in [0.717, 1.165) is 12.8 Å². The Kier molecular flexibility index (Phi) is 5.23. The van der Waals surface area contributed by atoms with E-state index in [1.165, 1.54) is 37.8 Å². The number of halogens is 1. The van der Waals surface area contributed by atoms with Crippen molar-refractivity contribution in [2.75, 3.05) is 6.61 Å². The van der Waals surface area contributed by atoms with Gasteiger partial charge in [0.2, 0.25) is 0 Å². The number of aliphatic hydroxyl groups is 1. The number of rotatable bonds is 2. The maximum absolute atomic E-state index is 13.2. The molecule has 0 aromatic heterocycles. The van der Waals surface area contributed by atoms with Crippen LogP contribution < -0.4 is 4.74 Å². The smallest absolute Gasteiger partial charge is 0.135 e. The molecule has 2 rings (SSSR count). The number of hydrogen-bond donors (Lipinski definition) is 1. The van der Waals surface area contributed by atoms with E-state index in [-0.39, 0.29) is 18.5 Å². The summed E-state index contributed by atoms with van der Waals surface area (Å²) in [7, 11) is 0. The Morgan fingerprint density at radius 2 is 1.95 bits per heavy atom. The Balaban J connectivity index is 2.13. The van der Waals surface area contributed by atoms with E-state index in [9.17, 15) is 4.39 Å². The average molecular weight is 262 g/mol.